The summed E-state index contributed by atoms with van der Waals surface area (Å²) in [4.78, 5) is 31.1. The standard InChI is InChI=1S/C31H45F2N3O8/c32-31(33,24-43-25-9-4-3-5-10-25)14-13-27-26(28(37)23-29(27)38)11-6-1-2-7-12-30(39)42-22-20-35-18-16-34(17-19-35)15-8-21-44-36(40)41/h1,3-6,9-10,13-14,26-29,37-38H,2,7-8,11-12,15-24H2/b6-1-,14-13+/t26-,27-,28+,29-/m1/s1. The number of esters is 1. The van der Waals surface area contributed by atoms with Gasteiger partial charge in [0.15, 0.2) is 6.61 Å². The van der Waals surface area contributed by atoms with Gasteiger partial charge in [0.05, 0.1) is 18.8 Å². The number of allylic oxidation sites excluding steroid dienone is 2. The van der Waals surface area contributed by atoms with Crippen molar-refractivity contribution in [3.8, 4) is 5.75 Å². The van der Waals surface area contributed by atoms with Crippen LogP contribution >= 0.6 is 0 Å². The van der Waals surface area contributed by atoms with Crippen LogP contribution in [0, 0.1) is 22.0 Å². The monoisotopic (exact) mass is 625 g/mol. The van der Waals surface area contributed by atoms with Gasteiger partial charge in [0.25, 0.3) is 11.0 Å². The van der Waals surface area contributed by atoms with Gasteiger partial charge in [0.2, 0.25) is 0 Å². The Balaban J connectivity index is 1.27. The SMILES string of the molecule is O=C(CCC/C=C\C[C@@H]1[C@@H](/C=C/C(F)(F)COc2ccccc2)[C@H](O)C[C@@H]1O)OCCN1CCN(CCCO[N+](=O)[O-])CC1. The molecule has 1 saturated carbocycles. The van der Waals surface area contributed by atoms with Gasteiger partial charge in [0, 0.05) is 58.0 Å². The third kappa shape index (κ3) is 13.2. The maximum Gasteiger partial charge on any atom is 0.305 e. The predicted molar refractivity (Wildman–Crippen MR) is 159 cm³/mol. The predicted octanol–water partition coefficient (Wildman–Crippen LogP) is 3.49. The molecule has 0 amide bonds. The largest absolute Gasteiger partial charge is 0.487 e. The van der Waals surface area contributed by atoms with E-state index in [-0.39, 0.29) is 25.4 Å². The van der Waals surface area contributed by atoms with Gasteiger partial charge in [-0.25, -0.2) is 0 Å². The van der Waals surface area contributed by atoms with Gasteiger partial charge in [-0.2, -0.15) is 8.78 Å². The summed E-state index contributed by atoms with van der Waals surface area (Å²) in [6, 6.07) is 8.35. The molecule has 13 heteroatoms. The first-order valence-electron chi connectivity index (χ1n) is 15.3. The van der Waals surface area contributed by atoms with E-state index in [1.807, 2.05) is 12.2 Å². The van der Waals surface area contributed by atoms with Crippen molar-refractivity contribution in [3.63, 3.8) is 0 Å². The van der Waals surface area contributed by atoms with Gasteiger partial charge in [0.1, 0.15) is 12.4 Å². The number of ether oxygens (including phenoxy) is 2. The van der Waals surface area contributed by atoms with Crippen molar-refractivity contribution in [1.82, 2.24) is 9.80 Å². The van der Waals surface area contributed by atoms with E-state index in [0.29, 0.717) is 44.6 Å². The van der Waals surface area contributed by atoms with Gasteiger partial charge in [-0.3, -0.25) is 9.69 Å². The third-order valence-electron chi connectivity index (χ3n) is 7.93. The molecule has 2 fully saturated rings. The van der Waals surface area contributed by atoms with Crippen LogP contribution in [0.3, 0.4) is 0 Å². The Morgan fingerprint density at radius 2 is 1.73 bits per heavy atom. The van der Waals surface area contributed by atoms with Crippen molar-refractivity contribution >= 4 is 5.97 Å². The highest BCUT2D eigenvalue weighted by molar-refractivity contribution is 5.69. The summed E-state index contributed by atoms with van der Waals surface area (Å²) in [6.45, 7) is 4.37. The number of unbranched alkanes of at least 4 members (excludes halogenated alkanes) is 1. The molecule has 246 valence electrons. The molecule has 2 aliphatic rings. The lowest BCUT2D eigenvalue weighted by Crippen LogP contribution is -2.47. The summed E-state index contributed by atoms with van der Waals surface area (Å²) in [5.74, 6) is -4.15. The Bertz CT molecular complexity index is 1050. The highest BCUT2D eigenvalue weighted by Crippen LogP contribution is 2.37. The number of piperazine rings is 1. The molecule has 11 nitrogen and oxygen atoms in total. The smallest absolute Gasteiger partial charge is 0.305 e. The number of carbonyl (C=O) groups excluding carboxylic acids is 1. The molecule has 1 saturated heterocycles. The molecule has 1 heterocycles. The molecule has 0 spiro atoms. The second kappa shape index (κ2) is 18.6. The number of hydrogen-bond donors (Lipinski definition) is 2. The minimum atomic E-state index is -3.23. The zero-order chi connectivity index (χ0) is 31.8. The minimum Gasteiger partial charge on any atom is -0.487 e. The first-order valence-corrected chi connectivity index (χ1v) is 15.3. The molecule has 0 bridgehead atoms. The quantitative estimate of drug-likeness (QED) is 0.0774. The van der Waals surface area contributed by atoms with Crippen molar-refractivity contribution in [2.75, 3.05) is 59.1 Å². The van der Waals surface area contributed by atoms with Crippen LogP contribution in [0.25, 0.3) is 0 Å². The number of para-hydroxylation sites is 1. The molecular formula is C31H45F2N3O8. The van der Waals surface area contributed by atoms with Crippen LogP contribution < -0.4 is 4.74 Å². The molecular weight excluding hydrogens is 580 g/mol. The number of benzene rings is 1. The van der Waals surface area contributed by atoms with Crippen LogP contribution in [0.2, 0.25) is 0 Å². The molecule has 0 unspecified atom stereocenters. The third-order valence-corrected chi connectivity index (χ3v) is 7.93. The number of aliphatic hydroxyl groups is 2. The number of alkyl halides is 2. The summed E-state index contributed by atoms with van der Waals surface area (Å²) in [5, 5.41) is 30.2. The van der Waals surface area contributed by atoms with E-state index in [1.165, 1.54) is 6.08 Å². The topological polar surface area (TPSA) is 135 Å². The van der Waals surface area contributed by atoms with E-state index in [0.717, 1.165) is 38.8 Å². The van der Waals surface area contributed by atoms with E-state index >= 15 is 0 Å². The molecule has 4 atom stereocenters. The number of aliphatic hydroxyl groups excluding tert-OH is 2. The maximum atomic E-state index is 14.4. The Labute approximate surface area is 257 Å². The van der Waals surface area contributed by atoms with Crippen LogP contribution in [0.4, 0.5) is 8.78 Å². The lowest BCUT2D eigenvalue weighted by atomic mass is 9.89. The Hall–Kier alpha value is -3.13. The van der Waals surface area contributed by atoms with Crippen LogP contribution in [-0.2, 0) is 14.4 Å². The first kappa shape index (κ1) is 35.4. The molecule has 3 rings (SSSR count). The number of nitrogens with zero attached hydrogens (tertiary/aromatic N) is 3. The number of carbonyl (C=O) groups is 1. The second-order valence-electron chi connectivity index (χ2n) is 11.2. The number of halogens is 2. The van der Waals surface area contributed by atoms with Gasteiger partial charge < -0.3 is 29.4 Å². The summed E-state index contributed by atoms with van der Waals surface area (Å²) < 4.78 is 39.3. The average molecular weight is 626 g/mol. The fraction of sp³-hybridized carbons (Fsp3) is 0.645. The zero-order valence-electron chi connectivity index (χ0n) is 25.1. The highest BCUT2D eigenvalue weighted by atomic mass is 19.3. The first-order chi connectivity index (χ1) is 21.1. The van der Waals surface area contributed by atoms with Crippen molar-refractivity contribution in [2.45, 2.75) is 56.7 Å². The van der Waals surface area contributed by atoms with E-state index in [9.17, 15) is 33.9 Å². The maximum absolute atomic E-state index is 14.4. The van der Waals surface area contributed by atoms with Crippen molar-refractivity contribution in [2.24, 2.45) is 11.8 Å². The van der Waals surface area contributed by atoms with Crippen LogP contribution in [-0.4, -0.2) is 108 Å². The minimum absolute atomic E-state index is 0.0985. The fourth-order valence-electron chi connectivity index (χ4n) is 5.46. The fourth-order valence-corrected chi connectivity index (χ4v) is 5.46. The van der Waals surface area contributed by atoms with Gasteiger partial charge in [-0.05, 0) is 49.8 Å². The van der Waals surface area contributed by atoms with Gasteiger partial charge >= 0.3 is 5.97 Å². The Morgan fingerprint density at radius 1 is 1.02 bits per heavy atom. The Morgan fingerprint density at radius 3 is 2.43 bits per heavy atom. The summed E-state index contributed by atoms with van der Waals surface area (Å²) >= 11 is 0. The molecule has 2 N–H and O–H groups in total. The van der Waals surface area contributed by atoms with E-state index in [2.05, 4.69) is 14.6 Å². The zero-order valence-corrected chi connectivity index (χ0v) is 25.1. The van der Waals surface area contributed by atoms with Gasteiger partial charge in [-0.1, -0.05) is 36.4 Å². The average Bonchev–Trinajstić information content (AvgIpc) is 3.27. The normalized spacial score (nSPS) is 23.4. The van der Waals surface area contributed by atoms with E-state index < -0.39 is 41.7 Å². The summed E-state index contributed by atoms with van der Waals surface area (Å²) in [6.07, 6.45) is 6.76. The molecule has 1 aliphatic carbocycles. The Kier molecular flexibility index (Phi) is 15.0. The van der Waals surface area contributed by atoms with Crippen LogP contribution in [0.1, 0.15) is 38.5 Å². The number of hydrogen-bond acceptors (Lipinski definition) is 10. The molecule has 1 aliphatic heterocycles. The molecule has 44 heavy (non-hydrogen) atoms. The van der Waals surface area contributed by atoms with Crippen molar-refractivity contribution in [3.05, 3.63) is 64.8 Å². The van der Waals surface area contributed by atoms with Crippen molar-refractivity contribution in [1.29, 1.82) is 0 Å². The van der Waals surface area contributed by atoms with Crippen LogP contribution in [0.5, 0.6) is 5.75 Å². The summed E-state index contributed by atoms with van der Waals surface area (Å²) in [7, 11) is 0. The van der Waals surface area contributed by atoms with Gasteiger partial charge in [-0.15, -0.1) is 10.1 Å². The molecule has 0 aromatic heterocycles. The van der Waals surface area contributed by atoms with Crippen LogP contribution in [0.15, 0.2) is 54.6 Å². The molecule has 1 aromatic rings. The second-order valence-corrected chi connectivity index (χ2v) is 11.2. The lowest BCUT2D eigenvalue weighted by molar-refractivity contribution is -0.757. The molecule has 1 aromatic carbocycles. The van der Waals surface area contributed by atoms with E-state index in [1.54, 1.807) is 30.3 Å². The van der Waals surface area contributed by atoms with E-state index in [4.69, 9.17) is 9.47 Å². The van der Waals surface area contributed by atoms with Crippen molar-refractivity contribution < 1.29 is 43.2 Å². The highest BCUT2D eigenvalue weighted by Gasteiger charge is 2.40. The number of rotatable bonds is 19. The summed E-state index contributed by atoms with van der Waals surface area (Å²) in [5.41, 5.74) is 0. The molecule has 0 radical (unpaired) electrons. The lowest BCUT2D eigenvalue weighted by Gasteiger charge is -2.34.